The van der Waals surface area contributed by atoms with Crippen molar-refractivity contribution in [2.24, 2.45) is 0 Å². The Hall–Kier alpha value is -1.28. The number of hydrogen-bond acceptors (Lipinski definition) is 4. The Morgan fingerprint density at radius 1 is 1.40 bits per heavy atom. The van der Waals surface area contributed by atoms with Crippen LogP contribution in [0.25, 0.3) is 0 Å². The fraction of sp³-hybridized carbons (Fsp3) is 0.429. The van der Waals surface area contributed by atoms with E-state index in [0.29, 0.717) is 5.56 Å². The smallest absolute Gasteiger partial charge is 0.328 e. The first-order valence-electron chi connectivity index (χ1n) is 5.90. The highest BCUT2D eigenvalue weighted by molar-refractivity contribution is 6.36. The summed E-state index contributed by atoms with van der Waals surface area (Å²) >= 11 is 12.1. The van der Waals surface area contributed by atoms with E-state index in [-0.39, 0.29) is 22.2 Å². The van der Waals surface area contributed by atoms with Crippen LogP contribution in [0.4, 0.5) is 0 Å². The molecule has 0 bridgehead atoms. The predicted molar refractivity (Wildman–Crippen MR) is 76.6 cm³/mol. The maximum absolute atomic E-state index is 12.0. The summed E-state index contributed by atoms with van der Waals surface area (Å²) in [6.07, 6.45) is 0. The highest BCUT2D eigenvalue weighted by atomic mass is 35.5. The first-order valence-corrected chi connectivity index (χ1v) is 6.66. The molecule has 0 saturated heterocycles. The third-order valence-corrected chi connectivity index (χ3v) is 3.01. The van der Waals surface area contributed by atoms with Crippen molar-refractivity contribution in [3.05, 3.63) is 33.3 Å². The Morgan fingerprint density at radius 3 is 2.25 bits per heavy atom. The summed E-state index contributed by atoms with van der Waals surface area (Å²) in [5.74, 6) is -1.91. The molecule has 20 heavy (non-hydrogen) atoms. The van der Waals surface area contributed by atoms with Gasteiger partial charge in [-0.15, -0.1) is 0 Å². The molecule has 4 nitrogen and oxygen atoms in total. The van der Waals surface area contributed by atoms with Crippen LogP contribution in [-0.2, 0) is 16.1 Å². The molecule has 1 N–H and O–H groups in total. The number of rotatable bonds is 3. The summed E-state index contributed by atoms with van der Waals surface area (Å²) in [6, 6.07) is 4.79. The minimum atomic E-state index is -1.21. The fourth-order valence-electron chi connectivity index (χ4n) is 1.60. The van der Waals surface area contributed by atoms with E-state index >= 15 is 0 Å². The van der Waals surface area contributed by atoms with Gasteiger partial charge in [0.25, 0.3) is 0 Å². The van der Waals surface area contributed by atoms with Gasteiger partial charge in [-0.25, -0.2) is 0 Å². The van der Waals surface area contributed by atoms with Crippen LogP contribution in [-0.4, -0.2) is 16.7 Å². The number of ether oxygens (including phenoxy) is 1. The van der Waals surface area contributed by atoms with Gasteiger partial charge in [-0.2, -0.15) is 5.26 Å². The van der Waals surface area contributed by atoms with E-state index in [0.717, 1.165) is 0 Å². The number of carbonyl (C=O) groups excluding carboxylic acids is 1. The monoisotopic (exact) mass is 315 g/mol. The number of esters is 1. The zero-order chi connectivity index (χ0) is 15.5. The van der Waals surface area contributed by atoms with E-state index in [1.807, 2.05) is 6.07 Å². The molecule has 0 spiro atoms. The number of nitriles is 1. The minimum Gasteiger partial charge on any atom is -0.459 e. The zero-order valence-corrected chi connectivity index (χ0v) is 12.9. The minimum absolute atomic E-state index is 0.152. The van der Waals surface area contributed by atoms with Crippen molar-refractivity contribution in [1.82, 2.24) is 0 Å². The van der Waals surface area contributed by atoms with Gasteiger partial charge in [0.2, 0.25) is 0 Å². The first-order chi connectivity index (χ1) is 9.19. The van der Waals surface area contributed by atoms with E-state index in [4.69, 9.17) is 33.0 Å². The van der Waals surface area contributed by atoms with Crippen LogP contribution < -0.4 is 0 Å². The highest BCUT2D eigenvalue weighted by Crippen LogP contribution is 2.34. The van der Waals surface area contributed by atoms with Gasteiger partial charge in [-0.3, -0.25) is 4.79 Å². The number of hydrogen-bond donors (Lipinski definition) is 1. The Labute approximate surface area is 127 Å². The van der Waals surface area contributed by atoms with Crippen molar-refractivity contribution in [2.75, 3.05) is 0 Å². The van der Waals surface area contributed by atoms with Crippen molar-refractivity contribution >= 4 is 29.2 Å². The lowest BCUT2D eigenvalue weighted by molar-refractivity contribution is -0.155. The van der Waals surface area contributed by atoms with Crippen LogP contribution in [0.3, 0.4) is 0 Å². The quantitative estimate of drug-likeness (QED) is 0.867. The molecule has 1 aromatic rings. The Morgan fingerprint density at radius 2 is 1.90 bits per heavy atom. The van der Waals surface area contributed by atoms with Crippen LogP contribution in [0.5, 0.6) is 0 Å². The molecule has 0 aliphatic carbocycles. The van der Waals surface area contributed by atoms with Gasteiger partial charge >= 0.3 is 5.97 Å². The van der Waals surface area contributed by atoms with E-state index < -0.39 is 17.5 Å². The second-order valence-electron chi connectivity index (χ2n) is 5.23. The molecule has 108 valence electrons. The normalized spacial score (nSPS) is 12.7. The summed E-state index contributed by atoms with van der Waals surface area (Å²) < 4.78 is 5.18. The van der Waals surface area contributed by atoms with Gasteiger partial charge in [0.15, 0.2) is 5.92 Å². The molecule has 0 aromatic heterocycles. The molecule has 0 saturated carbocycles. The standard InChI is InChI=1S/C14H15Cl2NO3/c1-14(2,3)20-13(19)9(6-17)12-10(15)4-8(7-18)5-11(12)16/h4-5,9,18H,7H2,1-3H3. The first kappa shape index (κ1) is 16.8. The van der Waals surface area contributed by atoms with Crippen LogP contribution in [0.1, 0.15) is 37.8 Å². The number of carbonyl (C=O) groups is 1. The number of benzene rings is 1. The largest absolute Gasteiger partial charge is 0.459 e. The van der Waals surface area contributed by atoms with Gasteiger partial charge in [-0.05, 0) is 38.5 Å². The van der Waals surface area contributed by atoms with Crippen molar-refractivity contribution in [2.45, 2.75) is 38.9 Å². The second kappa shape index (κ2) is 6.45. The third-order valence-electron chi connectivity index (χ3n) is 2.38. The molecule has 0 fully saturated rings. The predicted octanol–water partition coefficient (Wildman–Crippen LogP) is 3.43. The lowest BCUT2D eigenvalue weighted by atomic mass is 9.98. The zero-order valence-electron chi connectivity index (χ0n) is 11.4. The summed E-state index contributed by atoms with van der Waals surface area (Å²) in [5.41, 5.74) is -0.0113. The molecule has 0 amide bonds. The van der Waals surface area contributed by atoms with E-state index in [1.54, 1.807) is 20.8 Å². The Kier molecular flexibility index (Phi) is 5.41. The molecular formula is C14H15Cl2NO3. The maximum Gasteiger partial charge on any atom is 0.328 e. The Balaban J connectivity index is 3.21. The molecule has 1 rings (SSSR count). The summed E-state index contributed by atoms with van der Waals surface area (Å²) in [5, 5.41) is 18.6. The van der Waals surface area contributed by atoms with Crippen molar-refractivity contribution in [1.29, 1.82) is 5.26 Å². The average Bonchev–Trinajstić information content (AvgIpc) is 2.30. The highest BCUT2D eigenvalue weighted by Gasteiger charge is 2.30. The molecule has 0 radical (unpaired) electrons. The molecule has 0 aliphatic rings. The molecule has 1 unspecified atom stereocenters. The molecule has 0 heterocycles. The molecular weight excluding hydrogens is 301 g/mol. The molecule has 0 aliphatic heterocycles. The topological polar surface area (TPSA) is 70.3 Å². The van der Waals surface area contributed by atoms with E-state index in [9.17, 15) is 10.1 Å². The van der Waals surface area contributed by atoms with Crippen molar-refractivity contribution in [3.63, 3.8) is 0 Å². The van der Waals surface area contributed by atoms with Crippen LogP contribution in [0.2, 0.25) is 10.0 Å². The van der Waals surface area contributed by atoms with Crippen LogP contribution >= 0.6 is 23.2 Å². The summed E-state index contributed by atoms with van der Waals surface area (Å²) in [6.45, 7) is 4.88. The Bertz CT molecular complexity index is 536. The van der Waals surface area contributed by atoms with Gasteiger partial charge in [0.05, 0.1) is 12.7 Å². The van der Waals surface area contributed by atoms with Gasteiger partial charge in [-0.1, -0.05) is 23.2 Å². The number of aliphatic hydroxyl groups is 1. The van der Waals surface area contributed by atoms with Gasteiger partial charge in [0.1, 0.15) is 5.60 Å². The number of aliphatic hydroxyl groups excluding tert-OH is 1. The van der Waals surface area contributed by atoms with Crippen molar-refractivity contribution < 1.29 is 14.6 Å². The lowest BCUT2D eigenvalue weighted by Crippen LogP contribution is -2.27. The summed E-state index contributed by atoms with van der Waals surface area (Å²) in [4.78, 5) is 12.0. The van der Waals surface area contributed by atoms with Gasteiger partial charge in [0, 0.05) is 15.6 Å². The number of nitrogens with zero attached hydrogens (tertiary/aromatic N) is 1. The molecule has 1 aromatic carbocycles. The van der Waals surface area contributed by atoms with Gasteiger partial charge < -0.3 is 9.84 Å². The SMILES string of the molecule is CC(C)(C)OC(=O)C(C#N)c1c(Cl)cc(CO)cc1Cl. The fourth-order valence-corrected chi connectivity index (χ4v) is 2.35. The third kappa shape index (κ3) is 4.11. The van der Waals surface area contributed by atoms with Crippen LogP contribution in [0.15, 0.2) is 12.1 Å². The van der Waals surface area contributed by atoms with E-state index in [1.165, 1.54) is 12.1 Å². The maximum atomic E-state index is 12.0. The molecule has 1 atom stereocenters. The average molecular weight is 316 g/mol. The lowest BCUT2D eigenvalue weighted by Gasteiger charge is -2.22. The molecule has 6 heteroatoms. The van der Waals surface area contributed by atoms with E-state index in [2.05, 4.69) is 0 Å². The van der Waals surface area contributed by atoms with Crippen molar-refractivity contribution in [3.8, 4) is 6.07 Å². The van der Waals surface area contributed by atoms with Crippen LogP contribution in [0, 0.1) is 11.3 Å². The summed E-state index contributed by atoms with van der Waals surface area (Å²) in [7, 11) is 0. The number of halogens is 2. The second-order valence-corrected chi connectivity index (χ2v) is 6.04.